The van der Waals surface area contributed by atoms with E-state index in [1.165, 1.54) is 12.5 Å². The zero-order chi connectivity index (χ0) is 21.6. The van der Waals surface area contributed by atoms with Gasteiger partial charge in [0.2, 0.25) is 10.5 Å². The Morgan fingerprint density at radius 2 is 1.93 bits per heavy atom. The van der Waals surface area contributed by atoms with E-state index in [9.17, 15) is 22.0 Å². The molecule has 1 fully saturated rings. The Labute approximate surface area is 176 Å². The molecule has 4 rings (SSSR count). The zero-order valence-electron chi connectivity index (χ0n) is 15.3. The smallest absolute Gasteiger partial charge is 0.431 e. The van der Waals surface area contributed by atoms with Crippen molar-refractivity contribution in [3.8, 4) is 11.4 Å². The largest absolute Gasteiger partial charge is 0.459 e. The van der Waals surface area contributed by atoms with Gasteiger partial charge in [-0.2, -0.15) is 23.4 Å². The Morgan fingerprint density at radius 1 is 1.23 bits per heavy atom. The van der Waals surface area contributed by atoms with Crippen molar-refractivity contribution in [2.24, 2.45) is 0 Å². The van der Waals surface area contributed by atoms with Gasteiger partial charge in [0.1, 0.15) is 11.5 Å². The van der Waals surface area contributed by atoms with Crippen molar-refractivity contribution in [3.05, 3.63) is 41.7 Å². The van der Waals surface area contributed by atoms with Crippen LogP contribution in [0.5, 0.6) is 0 Å². The minimum absolute atomic E-state index is 0.00907. The molecule has 0 amide bonds. The molecule has 0 radical (unpaired) electrons. The highest BCUT2D eigenvalue weighted by Crippen LogP contribution is 2.42. The first-order chi connectivity index (χ1) is 14.2. The van der Waals surface area contributed by atoms with Crippen LogP contribution in [0.4, 0.5) is 22.0 Å². The van der Waals surface area contributed by atoms with Gasteiger partial charge in [-0.1, -0.05) is 11.8 Å². The molecule has 30 heavy (non-hydrogen) atoms. The Hall–Kier alpha value is -2.34. The summed E-state index contributed by atoms with van der Waals surface area (Å²) in [7, 11) is 0. The van der Waals surface area contributed by atoms with Gasteiger partial charge in [0.25, 0.3) is 0 Å². The Morgan fingerprint density at radius 3 is 2.57 bits per heavy atom. The molecular weight excluding hydrogens is 447 g/mol. The van der Waals surface area contributed by atoms with Gasteiger partial charge in [-0.05, 0) is 37.4 Å². The molecule has 3 aromatic rings. The number of halogens is 5. The maximum absolute atomic E-state index is 13.8. The third-order valence-electron chi connectivity index (χ3n) is 4.52. The number of nitrogens with zero attached hydrogens (tertiary/aromatic N) is 4. The average molecular weight is 460 g/mol. The van der Waals surface area contributed by atoms with Gasteiger partial charge in [0.05, 0.1) is 17.2 Å². The lowest BCUT2D eigenvalue weighted by Gasteiger charge is -2.20. The van der Waals surface area contributed by atoms with Gasteiger partial charge in [-0.25, -0.2) is 13.8 Å². The molecule has 1 saturated carbocycles. The topological polar surface area (TPSA) is 52.8 Å². The fraction of sp³-hybridized carbons (Fsp3) is 0.333. The van der Waals surface area contributed by atoms with E-state index in [1.807, 2.05) is 0 Å². The summed E-state index contributed by atoms with van der Waals surface area (Å²) in [5.41, 5.74) is 0.276. The number of imidazole rings is 1. The summed E-state index contributed by atoms with van der Waals surface area (Å²) in [6, 6.07) is 3.14. The van der Waals surface area contributed by atoms with E-state index >= 15 is 0 Å². The fourth-order valence-electron chi connectivity index (χ4n) is 3.07. The SMILES string of the molecule is CSC(=S)OC(c1cc(-c2nc3cc(F)c(F)cc3n2C2CC2)cnn1)C(F)(F)F. The first-order valence-electron chi connectivity index (χ1n) is 8.70. The average Bonchev–Trinajstić information content (AvgIpc) is 3.47. The summed E-state index contributed by atoms with van der Waals surface area (Å²) in [6.07, 6.45) is -2.86. The number of thiocarbonyl (C=S) groups is 1. The highest BCUT2D eigenvalue weighted by atomic mass is 32.2. The predicted octanol–water partition coefficient (Wildman–Crippen LogP) is 5.37. The quantitative estimate of drug-likeness (QED) is 0.385. The molecular formula is C18H13F5N4OS2. The van der Waals surface area contributed by atoms with Gasteiger partial charge in [0, 0.05) is 23.7 Å². The number of hydrogen-bond acceptors (Lipinski definition) is 6. The second-order valence-corrected chi connectivity index (χ2v) is 8.06. The lowest BCUT2D eigenvalue weighted by molar-refractivity contribution is -0.201. The minimum Gasteiger partial charge on any atom is -0.459 e. The molecule has 0 aliphatic heterocycles. The third kappa shape index (κ3) is 3.97. The van der Waals surface area contributed by atoms with Crippen LogP contribution in [0, 0.1) is 11.6 Å². The Balaban J connectivity index is 1.83. The maximum Gasteiger partial charge on any atom is 0.431 e. The number of fused-ring (bicyclic) bond motifs is 1. The van der Waals surface area contributed by atoms with E-state index in [-0.39, 0.29) is 27.3 Å². The highest BCUT2D eigenvalue weighted by Gasteiger charge is 2.45. The highest BCUT2D eigenvalue weighted by molar-refractivity contribution is 8.22. The summed E-state index contributed by atoms with van der Waals surface area (Å²) in [4.78, 5) is 4.32. The summed E-state index contributed by atoms with van der Waals surface area (Å²) in [5.74, 6) is -1.83. The van der Waals surface area contributed by atoms with Gasteiger partial charge >= 0.3 is 6.18 Å². The van der Waals surface area contributed by atoms with E-state index in [1.54, 1.807) is 4.57 Å². The van der Waals surface area contributed by atoms with Gasteiger partial charge < -0.3 is 9.30 Å². The fourth-order valence-corrected chi connectivity index (χ4v) is 3.36. The van der Waals surface area contributed by atoms with Crippen molar-refractivity contribution < 1.29 is 26.7 Å². The molecule has 2 heterocycles. The normalized spacial score (nSPS) is 15.4. The predicted molar refractivity (Wildman–Crippen MR) is 105 cm³/mol. The molecule has 1 aromatic carbocycles. The number of aromatic nitrogens is 4. The number of rotatable bonds is 4. The number of ether oxygens (including phenoxy) is 1. The van der Waals surface area contributed by atoms with Crippen molar-refractivity contribution in [2.45, 2.75) is 31.2 Å². The Bertz CT molecular complexity index is 1130. The number of alkyl halides is 3. The standard InChI is InChI=1S/C18H13F5N4OS2/c1-30-17(29)28-15(18(21,22)23)13-4-8(7-24-26-13)16-25-12-5-10(19)11(20)6-14(12)27(16)9-2-3-9/h4-7,9,15H,2-3H2,1H3. The maximum atomic E-state index is 13.8. The van der Waals surface area contributed by atoms with Gasteiger partial charge in [0.15, 0.2) is 11.6 Å². The van der Waals surface area contributed by atoms with Crippen LogP contribution in [-0.4, -0.2) is 36.6 Å². The summed E-state index contributed by atoms with van der Waals surface area (Å²) in [5, 5.41) is 7.24. The first kappa shape index (κ1) is 20.9. The van der Waals surface area contributed by atoms with Crippen LogP contribution in [0.15, 0.2) is 24.4 Å². The van der Waals surface area contributed by atoms with E-state index in [0.717, 1.165) is 42.8 Å². The van der Waals surface area contributed by atoms with Gasteiger partial charge in [-0.3, -0.25) is 0 Å². The molecule has 0 spiro atoms. The van der Waals surface area contributed by atoms with Crippen molar-refractivity contribution in [2.75, 3.05) is 6.26 Å². The number of thioether (sulfide) groups is 1. The van der Waals surface area contributed by atoms with Crippen LogP contribution in [-0.2, 0) is 4.74 Å². The number of benzene rings is 1. The molecule has 0 bridgehead atoms. The second kappa shape index (κ2) is 7.73. The summed E-state index contributed by atoms with van der Waals surface area (Å²) >= 11 is 5.62. The molecule has 1 atom stereocenters. The van der Waals surface area contributed by atoms with Crippen LogP contribution >= 0.6 is 24.0 Å². The molecule has 1 aliphatic rings. The van der Waals surface area contributed by atoms with E-state index in [4.69, 9.17) is 17.0 Å². The van der Waals surface area contributed by atoms with Crippen molar-refractivity contribution in [3.63, 3.8) is 0 Å². The molecule has 0 saturated heterocycles. The van der Waals surface area contributed by atoms with Crippen molar-refractivity contribution in [1.82, 2.24) is 19.7 Å². The van der Waals surface area contributed by atoms with E-state index < -0.39 is 29.6 Å². The molecule has 5 nitrogen and oxygen atoms in total. The monoisotopic (exact) mass is 460 g/mol. The Kier molecular flexibility index (Phi) is 5.39. The molecule has 12 heteroatoms. The number of hydrogen-bond donors (Lipinski definition) is 0. The van der Waals surface area contributed by atoms with Crippen molar-refractivity contribution in [1.29, 1.82) is 0 Å². The zero-order valence-corrected chi connectivity index (χ0v) is 16.9. The van der Waals surface area contributed by atoms with Crippen LogP contribution in [0.25, 0.3) is 22.4 Å². The molecule has 0 N–H and O–H groups in total. The van der Waals surface area contributed by atoms with E-state index in [0.29, 0.717) is 5.52 Å². The van der Waals surface area contributed by atoms with Crippen LogP contribution < -0.4 is 0 Å². The third-order valence-corrected chi connectivity index (χ3v) is 5.55. The molecule has 1 unspecified atom stereocenters. The summed E-state index contributed by atoms with van der Waals surface area (Å²) in [6.45, 7) is 0. The minimum atomic E-state index is -4.78. The van der Waals surface area contributed by atoms with Gasteiger partial charge in [-0.15, -0.1) is 0 Å². The second-order valence-electron chi connectivity index (χ2n) is 6.65. The first-order valence-corrected chi connectivity index (χ1v) is 10.3. The van der Waals surface area contributed by atoms with Crippen LogP contribution in [0.2, 0.25) is 0 Å². The van der Waals surface area contributed by atoms with Crippen molar-refractivity contribution >= 4 is 39.4 Å². The molecule has 158 valence electrons. The molecule has 1 aliphatic carbocycles. The molecule has 2 aromatic heterocycles. The van der Waals surface area contributed by atoms with Crippen LogP contribution in [0.1, 0.15) is 30.7 Å². The van der Waals surface area contributed by atoms with Crippen LogP contribution in [0.3, 0.4) is 0 Å². The lowest BCUT2D eigenvalue weighted by Crippen LogP contribution is -2.26. The van der Waals surface area contributed by atoms with E-state index in [2.05, 4.69) is 15.2 Å². The lowest BCUT2D eigenvalue weighted by atomic mass is 10.1. The summed E-state index contributed by atoms with van der Waals surface area (Å²) < 4.78 is 74.3.